The van der Waals surface area contributed by atoms with Gasteiger partial charge in [0.2, 0.25) is 0 Å². The first-order chi connectivity index (χ1) is 9.84. The molecule has 0 saturated carbocycles. The summed E-state index contributed by atoms with van der Waals surface area (Å²) in [4.78, 5) is 30.7. The molecule has 0 unspecified atom stereocenters. The summed E-state index contributed by atoms with van der Waals surface area (Å²) in [6.07, 6.45) is 2.15. The minimum Gasteiger partial charge on any atom is -0.478 e. The van der Waals surface area contributed by atoms with Crippen LogP contribution >= 0.6 is 0 Å². The van der Waals surface area contributed by atoms with Gasteiger partial charge in [0.1, 0.15) is 13.2 Å². The highest BCUT2D eigenvalue weighted by Crippen LogP contribution is 1.84. The van der Waals surface area contributed by atoms with Gasteiger partial charge in [-0.05, 0) is 6.92 Å². The first-order valence-electron chi connectivity index (χ1n) is 5.90. The van der Waals surface area contributed by atoms with Crippen molar-refractivity contribution in [3.05, 3.63) is 37.5 Å². The van der Waals surface area contributed by atoms with Crippen LogP contribution in [0.1, 0.15) is 6.92 Å². The Labute approximate surface area is 123 Å². The van der Waals surface area contributed by atoms with Gasteiger partial charge in [0, 0.05) is 17.7 Å². The molecule has 0 aromatic carbocycles. The van der Waals surface area contributed by atoms with E-state index < -0.39 is 17.9 Å². The third-order valence-electron chi connectivity index (χ3n) is 1.64. The molecule has 0 heterocycles. The van der Waals surface area contributed by atoms with E-state index in [0.29, 0.717) is 0 Å². The second-order valence-corrected chi connectivity index (χ2v) is 3.44. The molecule has 0 radical (unpaired) electrons. The maximum Gasteiger partial charge on any atom is 0.330 e. The first-order valence-corrected chi connectivity index (χ1v) is 5.90. The van der Waals surface area contributed by atoms with Crippen molar-refractivity contribution in [1.29, 1.82) is 0 Å². The van der Waals surface area contributed by atoms with Gasteiger partial charge >= 0.3 is 17.9 Å². The van der Waals surface area contributed by atoms with E-state index in [0.717, 1.165) is 12.2 Å². The Morgan fingerprint density at radius 2 is 1.29 bits per heavy atom. The summed E-state index contributed by atoms with van der Waals surface area (Å²) in [6, 6.07) is 0. The number of ether oxygens (including phenoxy) is 3. The number of aliphatic carboxylic acids is 1. The van der Waals surface area contributed by atoms with E-state index in [1.54, 1.807) is 0 Å². The number of hydrogen-bond acceptors (Lipinski definition) is 6. The molecule has 0 aromatic rings. The molecule has 0 aliphatic heterocycles. The van der Waals surface area contributed by atoms with Crippen LogP contribution in [0.15, 0.2) is 37.5 Å². The maximum atomic E-state index is 10.6. The zero-order valence-electron chi connectivity index (χ0n) is 12.0. The molecule has 0 aliphatic carbocycles. The molecule has 1 N–H and O–H groups in total. The molecule has 118 valence electrons. The lowest BCUT2D eigenvalue weighted by molar-refractivity contribution is -0.140. The van der Waals surface area contributed by atoms with Crippen molar-refractivity contribution in [3.63, 3.8) is 0 Å². The predicted octanol–water partition coefficient (Wildman–Crippen LogP) is 1.11. The van der Waals surface area contributed by atoms with Gasteiger partial charge in [-0.15, -0.1) is 0 Å². The van der Waals surface area contributed by atoms with Crippen molar-refractivity contribution >= 4 is 17.9 Å². The Morgan fingerprint density at radius 1 is 0.952 bits per heavy atom. The Hall–Kier alpha value is -2.41. The Bertz CT molecular complexity index is 349. The summed E-state index contributed by atoms with van der Waals surface area (Å²) in [5.41, 5.74) is 0.176. The van der Waals surface area contributed by atoms with E-state index in [9.17, 15) is 14.4 Å². The SMILES string of the molecule is C=C(C)C(=O)O.C=CC(=O)OCCOCCOC(=O)C=C. The van der Waals surface area contributed by atoms with Gasteiger partial charge in [0.15, 0.2) is 0 Å². The highest BCUT2D eigenvalue weighted by molar-refractivity contribution is 5.84. The second kappa shape index (κ2) is 14.0. The van der Waals surface area contributed by atoms with Crippen LogP contribution in [-0.2, 0) is 28.6 Å². The summed E-state index contributed by atoms with van der Waals surface area (Å²) < 4.78 is 14.3. The molecule has 0 saturated heterocycles. The number of carboxylic acids is 1. The van der Waals surface area contributed by atoms with Crippen molar-refractivity contribution in [2.24, 2.45) is 0 Å². The fraction of sp³-hybridized carbons (Fsp3) is 0.357. The monoisotopic (exact) mass is 300 g/mol. The normalized spacial score (nSPS) is 8.62. The molecular formula is C14H20O7. The van der Waals surface area contributed by atoms with Crippen LogP contribution < -0.4 is 0 Å². The average Bonchev–Trinajstić information content (AvgIpc) is 2.46. The molecule has 0 bridgehead atoms. The fourth-order valence-corrected chi connectivity index (χ4v) is 0.622. The molecule has 0 aliphatic rings. The largest absolute Gasteiger partial charge is 0.478 e. The quantitative estimate of drug-likeness (QED) is 0.387. The lowest BCUT2D eigenvalue weighted by Gasteiger charge is -2.04. The molecule has 7 heteroatoms. The van der Waals surface area contributed by atoms with E-state index in [2.05, 4.69) is 29.2 Å². The molecule has 21 heavy (non-hydrogen) atoms. The van der Waals surface area contributed by atoms with Crippen molar-refractivity contribution in [2.45, 2.75) is 6.92 Å². The van der Waals surface area contributed by atoms with Gasteiger partial charge in [-0.3, -0.25) is 0 Å². The first kappa shape index (κ1) is 20.9. The summed E-state index contributed by atoms with van der Waals surface area (Å²) in [7, 11) is 0. The maximum absolute atomic E-state index is 10.6. The predicted molar refractivity (Wildman–Crippen MR) is 75.6 cm³/mol. The van der Waals surface area contributed by atoms with E-state index in [1.807, 2.05) is 0 Å². The molecule has 7 nitrogen and oxygen atoms in total. The molecule has 0 atom stereocenters. The summed E-state index contributed by atoms with van der Waals surface area (Å²) >= 11 is 0. The van der Waals surface area contributed by atoms with Gasteiger partial charge < -0.3 is 19.3 Å². The van der Waals surface area contributed by atoms with Gasteiger partial charge in [0.05, 0.1) is 13.2 Å². The zero-order valence-corrected chi connectivity index (χ0v) is 12.0. The molecule has 0 spiro atoms. The van der Waals surface area contributed by atoms with Crippen LogP contribution in [0, 0.1) is 0 Å². The molecule has 0 amide bonds. The third-order valence-corrected chi connectivity index (χ3v) is 1.64. The number of carbonyl (C=O) groups is 3. The van der Waals surface area contributed by atoms with Crippen LogP contribution in [-0.4, -0.2) is 49.4 Å². The van der Waals surface area contributed by atoms with Crippen LogP contribution in [0.25, 0.3) is 0 Å². The van der Waals surface area contributed by atoms with Crippen LogP contribution in [0.4, 0.5) is 0 Å². The van der Waals surface area contributed by atoms with Gasteiger partial charge in [-0.1, -0.05) is 19.7 Å². The number of carbonyl (C=O) groups excluding carboxylic acids is 2. The molecule has 0 fully saturated rings. The number of esters is 2. The second-order valence-electron chi connectivity index (χ2n) is 3.44. The van der Waals surface area contributed by atoms with Crippen molar-refractivity contribution in [3.8, 4) is 0 Å². The number of rotatable bonds is 9. The number of hydrogen-bond donors (Lipinski definition) is 1. The molecule has 0 rings (SSSR count). The van der Waals surface area contributed by atoms with E-state index in [4.69, 9.17) is 9.84 Å². The van der Waals surface area contributed by atoms with Crippen molar-refractivity contribution in [2.75, 3.05) is 26.4 Å². The van der Waals surface area contributed by atoms with Gasteiger partial charge in [-0.2, -0.15) is 0 Å². The van der Waals surface area contributed by atoms with E-state index in [1.165, 1.54) is 6.92 Å². The molecule has 0 aromatic heterocycles. The third kappa shape index (κ3) is 17.6. The summed E-state index contributed by atoms with van der Waals surface area (Å²) in [5.74, 6) is -1.91. The van der Waals surface area contributed by atoms with E-state index >= 15 is 0 Å². The highest BCUT2D eigenvalue weighted by atomic mass is 16.6. The van der Waals surface area contributed by atoms with Crippen molar-refractivity contribution in [1.82, 2.24) is 0 Å². The topological polar surface area (TPSA) is 99.1 Å². The highest BCUT2D eigenvalue weighted by Gasteiger charge is 1.96. The van der Waals surface area contributed by atoms with Crippen molar-refractivity contribution < 1.29 is 33.7 Å². The Balaban J connectivity index is 0. The zero-order chi connectivity index (χ0) is 16.7. The lowest BCUT2D eigenvalue weighted by Crippen LogP contribution is -2.12. The molecular weight excluding hydrogens is 280 g/mol. The Morgan fingerprint density at radius 3 is 1.52 bits per heavy atom. The minimum absolute atomic E-state index is 0.153. The standard InChI is InChI=1S/C10H14O5.C4H6O2/c1-3-9(11)14-7-5-13-6-8-15-10(12)4-2;1-3(2)4(5)6/h3-4H,1-2,5-8H2;1H2,2H3,(H,5,6). The summed E-state index contributed by atoms with van der Waals surface area (Å²) in [5, 5.41) is 7.89. The van der Waals surface area contributed by atoms with E-state index in [-0.39, 0.29) is 32.0 Å². The Kier molecular flexibility index (Phi) is 13.9. The van der Waals surface area contributed by atoms with Crippen LogP contribution in [0.2, 0.25) is 0 Å². The fourth-order valence-electron chi connectivity index (χ4n) is 0.622. The van der Waals surface area contributed by atoms with Crippen LogP contribution in [0.5, 0.6) is 0 Å². The number of carboxylic acid groups (broad SMARTS) is 1. The summed E-state index contributed by atoms with van der Waals surface area (Å²) in [6.45, 7) is 11.9. The van der Waals surface area contributed by atoms with Gasteiger partial charge in [0.25, 0.3) is 0 Å². The van der Waals surface area contributed by atoms with Gasteiger partial charge in [-0.25, -0.2) is 14.4 Å². The lowest BCUT2D eigenvalue weighted by atomic mass is 10.4. The minimum atomic E-state index is -0.935. The van der Waals surface area contributed by atoms with Crippen LogP contribution in [0.3, 0.4) is 0 Å². The smallest absolute Gasteiger partial charge is 0.330 e. The average molecular weight is 300 g/mol.